The van der Waals surface area contributed by atoms with Gasteiger partial charge in [-0.25, -0.2) is 8.42 Å². The van der Waals surface area contributed by atoms with E-state index in [1.54, 1.807) is 16.4 Å². The van der Waals surface area contributed by atoms with E-state index in [1.165, 1.54) is 19.1 Å². The van der Waals surface area contributed by atoms with Gasteiger partial charge in [-0.15, -0.1) is 0 Å². The molecule has 1 aromatic heterocycles. The second-order valence-corrected chi connectivity index (χ2v) is 9.12. The highest BCUT2D eigenvalue weighted by molar-refractivity contribution is 7.89. The summed E-state index contributed by atoms with van der Waals surface area (Å²) < 4.78 is 36.3. The van der Waals surface area contributed by atoms with E-state index in [0.717, 1.165) is 17.0 Å². The Labute approximate surface area is 176 Å². The van der Waals surface area contributed by atoms with E-state index < -0.39 is 16.1 Å². The van der Waals surface area contributed by atoms with Crippen molar-refractivity contribution in [2.75, 3.05) is 13.2 Å². The summed E-state index contributed by atoms with van der Waals surface area (Å²) in [6.45, 7) is 4.90. The summed E-state index contributed by atoms with van der Waals surface area (Å²) in [5, 5.41) is 0. The maximum atomic E-state index is 13.6. The van der Waals surface area contributed by atoms with Gasteiger partial charge in [0.15, 0.2) is 5.78 Å². The van der Waals surface area contributed by atoms with Crippen LogP contribution in [0.25, 0.3) is 0 Å². The van der Waals surface area contributed by atoms with Crippen molar-refractivity contribution in [2.24, 2.45) is 0 Å². The molecule has 30 heavy (non-hydrogen) atoms. The molecule has 7 heteroatoms. The van der Waals surface area contributed by atoms with Crippen LogP contribution in [0.5, 0.6) is 5.75 Å². The highest BCUT2D eigenvalue weighted by Crippen LogP contribution is 2.37. The van der Waals surface area contributed by atoms with Crippen molar-refractivity contribution in [3.63, 3.8) is 0 Å². The Kier molecular flexibility index (Phi) is 5.49. The van der Waals surface area contributed by atoms with Crippen molar-refractivity contribution in [1.29, 1.82) is 0 Å². The molecule has 3 aromatic rings. The van der Waals surface area contributed by atoms with Crippen LogP contribution >= 0.6 is 0 Å². The fraction of sp³-hybridized carbons (Fsp3) is 0.261. The molecule has 0 saturated carbocycles. The third-order valence-corrected chi connectivity index (χ3v) is 7.25. The van der Waals surface area contributed by atoms with E-state index in [-0.39, 0.29) is 10.7 Å². The van der Waals surface area contributed by atoms with Gasteiger partial charge in [-0.1, -0.05) is 24.3 Å². The molecule has 1 aliphatic rings. The first-order valence-corrected chi connectivity index (χ1v) is 11.4. The Hall–Kier alpha value is -2.90. The maximum absolute atomic E-state index is 13.6. The van der Waals surface area contributed by atoms with Crippen LogP contribution in [0, 0.1) is 0 Å². The zero-order chi connectivity index (χ0) is 21.3. The van der Waals surface area contributed by atoms with E-state index in [9.17, 15) is 13.2 Å². The number of rotatable bonds is 6. The molecule has 0 N–H and O–H groups in total. The molecule has 2 aromatic carbocycles. The first-order chi connectivity index (χ1) is 14.4. The Bertz CT molecular complexity index is 1150. The quantitative estimate of drug-likeness (QED) is 0.563. The zero-order valence-electron chi connectivity index (χ0n) is 17.0. The van der Waals surface area contributed by atoms with Crippen molar-refractivity contribution < 1.29 is 17.9 Å². The van der Waals surface area contributed by atoms with Crippen LogP contribution < -0.4 is 4.74 Å². The number of ketones is 1. The van der Waals surface area contributed by atoms with Crippen LogP contribution in [-0.4, -0.2) is 36.2 Å². The Morgan fingerprint density at radius 2 is 1.73 bits per heavy atom. The van der Waals surface area contributed by atoms with Gasteiger partial charge < -0.3 is 9.30 Å². The lowest BCUT2D eigenvalue weighted by Gasteiger charge is -2.36. The van der Waals surface area contributed by atoms with E-state index in [2.05, 4.69) is 4.57 Å². The Morgan fingerprint density at radius 3 is 2.37 bits per heavy atom. The van der Waals surface area contributed by atoms with Gasteiger partial charge in [-0.2, -0.15) is 4.31 Å². The molecule has 0 radical (unpaired) electrons. The highest BCUT2D eigenvalue weighted by Gasteiger charge is 2.37. The molecule has 0 bridgehead atoms. The maximum Gasteiger partial charge on any atom is 0.244 e. The molecule has 4 rings (SSSR count). The lowest BCUT2D eigenvalue weighted by Crippen LogP contribution is -2.42. The van der Waals surface area contributed by atoms with Crippen molar-refractivity contribution in [3.05, 3.63) is 83.7 Å². The molecule has 6 nitrogen and oxygen atoms in total. The summed E-state index contributed by atoms with van der Waals surface area (Å²) in [7, 11) is -3.77. The van der Waals surface area contributed by atoms with Crippen LogP contribution in [0.3, 0.4) is 0 Å². The van der Waals surface area contributed by atoms with E-state index in [1.807, 2.05) is 49.5 Å². The van der Waals surface area contributed by atoms with Crippen molar-refractivity contribution >= 4 is 15.8 Å². The van der Waals surface area contributed by atoms with Gasteiger partial charge in [-0.3, -0.25) is 4.79 Å². The number of carbonyl (C=O) groups is 1. The van der Waals surface area contributed by atoms with Crippen LogP contribution in [0.15, 0.2) is 71.8 Å². The van der Waals surface area contributed by atoms with Gasteiger partial charge in [0.1, 0.15) is 5.75 Å². The van der Waals surface area contributed by atoms with Crippen molar-refractivity contribution in [1.82, 2.24) is 8.87 Å². The average molecular weight is 425 g/mol. The summed E-state index contributed by atoms with van der Waals surface area (Å²) in [5.74, 6) is 0.656. The number of fused-ring (bicyclic) bond motifs is 1. The minimum Gasteiger partial charge on any atom is -0.494 e. The normalized spacial score (nSPS) is 16.8. The Balaban J connectivity index is 1.76. The minimum absolute atomic E-state index is 0.0954. The molecular formula is C23H24N2O4S. The van der Waals surface area contributed by atoms with Crippen LogP contribution in [0.4, 0.5) is 0 Å². The topological polar surface area (TPSA) is 68.6 Å². The summed E-state index contributed by atoms with van der Waals surface area (Å²) in [6.07, 6.45) is 1.97. The third-order valence-electron chi connectivity index (χ3n) is 5.37. The number of carbonyl (C=O) groups excluding carboxylic acids is 1. The number of nitrogens with zero attached hydrogens (tertiary/aromatic N) is 2. The van der Waals surface area contributed by atoms with Gasteiger partial charge >= 0.3 is 0 Å². The van der Waals surface area contributed by atoms with Gasteiger partial charge in [0, 0.05) is 30.5 Å². The SMILES string of the molecule is CCOc1ccc(C2c3cccn3CCN2S(=O)(=O)c2ccc(C(C)=O)cc2)cc1. The number of ether oxygens (including phenoxy) is 1. The van der Waals surface area contributed by atoms with Crippen molar-refractivity contribution in [3.8, 4) is 5.75 Å². The zero-order valence-corrected chi connectivity index (χ0v) is 17.8. The summed E-state index contributed by atoms with van der Waals surface area (Å²) in [6, 6.07) is 17.2. The van der Waals surface area contributed by atoms with Gasteiger partial charge in [0.25, 0.3) is 0 Å². The molecular weight excluding hydrogens is 400 g/mol. The number of Topliss-reactive ketones (excluding diaryl/α,β-unsaturated/α-hetero) is 1. The second kappa shape index (κ2) is 8.08. The second-order valence-electron chi connectivity index (χ2n) is 7.23. The summed E-state index contributed by atoms with van der Waals surface area (Å²) in [5.41, 5.74) is 2.29. The van der Waals surface area contributed by atoms with Gasteiger partial charge in [0.2, 0.25) is 10.0 Å². The molecule has 0 saturated heterocycles. The highest BCUT2D eigenvalue weighted by atomic mass is 32.2. The van der Waals surface area contributed by atoms with Crippen molar-refractivity contribution in [2.45, 2.75) is 31.3 Å². The van der Waals surface area contributed by atoms with Gasteiger partial charge in [0.05, 0.1) is 17.5 Å². The van der Waals surface area contributed by atoms with E-state index >= 15 is 0 Å². The predicted octanol–water partition coefficient (Wildman–Crippen LogP) is 3.88. The largest absolute Gasteiger partial charge is 0.494 e. The fourth-order valence-corrected chi connectivity index (χ4v) is 5.45. The molecule has 0 aliphatic carbocycles. The standard InChI is InChI=1S/C23H24N2O4S/c1-3-29-20-10-6-19(7-11-20)23-22-5-4-14-24(22)15-16-25(23)30(27,28)21-12-8-18(9-13-21)17(2)26/h4-14,23H,3,15-16H2,1-2H3. The average Bonchev–Trinajstić information content (AvgIpc) is 3.23. The number of hydrogen-bond acceptors (Lipinski definition) is 4. The molecule has 2 heterocycles. The lowest BCUT2D eigenvalue weighted by molar-refractivity contribution is 0.101. The predicted molar refractivity (Wildman–Crippen MR) is 114 cm³/mol. The van der Waals surface area contributed by atoms with Crippen LogP contribution in [-0.2, 0) is 16.6 Å². The van der Waals surface area contributed by atoms with Crippen LogP contribution in [0.1, 0.15) is 41.5 Å². The first-order valence-electron chi connectivity index (χ1n) is 9.92. The van der Waals surface area contributed by atoms with E-state index in [4.69, 9.17) is 4.74 Å². The first kappa shape index (κ1) is 20.4. The monoisotopic (exact) mass is 424 g/mol. The summed E-state index contributed by atoms with van der Waals surface area (Å²) in [4.78, 5) is 11.7. The number of aromatic nitrogens is 1. The molecule has 1 unspecified atom stereocenters. The number of hydrogen-bond donors (Lipinski definition) is 0. The lowest BCUT2D eigenvalue weighted by atomic mass is 10.0. The fourth-order valence-electron chi connectivity index (χ4n) is 3.87. The minimum atomic E-state index is -3.77. The molecule has 0 amide bonds. The van der Waals surface area contributed by atoms with Crippen LogP contribution in [0.2, 0.25) is 0 Å². The third kappa shape index (κ3) is 3.66. The smallest absolute Gasteiger partial charge is 0.244 e. The molecule has 0 fully saturated rings. The molecule has 0 spiro atoms. The molecule has 1 atom stereocenters. The number of sulfonamides is 1. The number of benzene rings is 2. The molecule has 1 aliphatic heterocycles. The molecule has 156 valence electrons. The Morgan fingerprint density at radius 1 is 1.03 bits per heavy atom. The van der Waals surface area contributed by atoms with E-state index in [0.29, 0.717) is 25.3 Å². The van der Waals surface area contributed by atoms with Gasteiger partial charge in [-0.05, 0) is 55.8 Å². The summed E-state index contributed by atoms with van der Waals surface area (Å²) >= 11 is 0.